The standard InChI is InChI=1S/C20H17FN2O5/c1-27-20(26)19-22-16(10-17(23-19)18(25)11-24)12-2-6-14(7-3-12)28-15-8-4-13(21)5-9-15/h2-10,18,24-25H,11H2,1H3. The van der Waals surface area contributed by atoms with Crippen molar-refractivity contribution in [3.63, 3.8) is 0 Å². The lowest BCUT2D eigenvalue weighted by atomic mass is 10.1. The van der Waals surface area contributed by atoms with Crippen molar-refractivity contribution in [3.05, 3.63) is 71.9 Å². The number of nitrogens with zero attached hydrogens (tertiary/aromatic N) is 2. The van der Waals surface area contributed by atoms with Gasteiger partial charge in [-0.2, -0.15) is 0 Å². The van der Waals surface area contributed by atoms with Crippen LogP contribution in [0.5, 0.6) is 11.5 Å². The molecule has 8 heteroatoms. The van der Waals surface area contributed by atoms with Crippen LogP contribution in [-0.2, 0) is 4.74 Å². The summed E-state index contributed by atoms with van der Waals surface area (Å²) in [5, 5.41) is 19.0. The van der Waals surface area contributed by atoms with E-state index in [4.69, 9.17) is 9.84 Å². The molecule has 144 valence electrons. The zero-order valence-electron chi connectivity index (χ0n) is 14.9. The minimum absolute atomic E-state index is 0.0968. The van der Waals surface area contributed by atoms with Gasteiger partial charge in [0.05, 0.1) is 25.1 Å². The molecule has 1 aromatic heterocycles. The molecule has 0 aliphatic heterocycles. The molecule has 28 heavy (non-hydrogen) atoms. The van der Waals surface area contributed by atoms with Crippen LogP contribution in [0.3, 0.4) is 0 Å². The van der Waals surface area contributed by atoms with Crippen molar-refractivity contribution in [2.45, 2.75) is 6.10 Å². The Morgan fingerprint density at radius 3 is 2.25 bits per heavy atom. The predicted octanol–water partition coefficient (Wildman–Crippen LogP) is 2.89. The predicted molar refractivity (Wildman–Crippen MR) is 97.3 cm³/mol. The lowest BCUT2D eigenvalue weighted by Crippen LogP contribution is -2.13. The Bertz CT molecular complexity index is 961. The monoisotopic (exact) mass is 384 g/mol. The molecule has 2 aromatic carbocycles. The average molecular weight is 384 g/mol. The lowest BCUT2D eigenvalue weighted by molar-refractivity contribution is 0.0582. The van der Waals surface area contributed by atoms with Gasteiger partial charge in [-0.3, -0.25) is 0 Å². The van der Waals surface area contributed by atoms with Crippen LogP contribution in [0, 0.1) is 5.82 Å². The molecule has 3 rings (SSSR count). The summed E-state index contributed by atoms with van der Waals surface area (Å²) in [6, 6.07) is 13.9. The van der Waals surface area contributed by atoms with Gasteiger partial charge in [-0.05, 0) is 54.6 Å². The largest absolute Gasteiger partial charge is 0.463 e. The van der Waals surface area contributed by atoms with Gasteiger partial charge in [0.25, 0.3) is 0 Å². The maximum Gasteiger partial charge on any atom is 0.376 e. The number of carbonyl (C=O) groups excluding carboxylic acids is 1. The Morgan fingerprint density at radius 1 is 1.07 bits per heavy atom. The van der Waals surface area contributed by atoms with Crippen molar-refractivity contribution in [2.75, 3.05) is 13.7 Å². The molecule has 1 unspecified atom stereocenters. The van der Waals surface area contributed by atoms with Crippen LogP contribution in [0.2, 0.25) is 0 Å². The van der Waals surface area contributed by atoms with Crippen molar-refractivity contribution < 1.29 is 28.9 Å². The lowest BCUT2D eigenvalue weighted by Gasteiger charge is -2.11. The fraction of sp³-hybridized carbons (Fsp3) is 0.150. The third-order valence-electron chi connectivity index (χ3n) is 3.83. The van der Waals surface area contributed by atoms with Gasteiger partial charge in [0.15, 0.2) is 0 Å². The second-order valence-corrected chi connectivity index (χ2v) is 5.77. The number of rotatable bonds is 6. The molecule has 0 amide bonds. The third kappa shape index (κ3) is 4.48. The number of aliphatic hydroxyl groups is 2. The first-order chi connectivity index (χ1) is 13.5. The highest BCUT2D eigenvalue weighted by Crippen LogP contribution is 2.26. The summed E-state index contributed by atoms with van der Waals surface area (Å²) in [6.07, 6.45) is -1.26. The highest BCUT2D eigenvalue weighted by atomic mass is 19.1. The molecule has 3 aromatic rings. The number of aromatic nitrogens is 2. The van der Waals surface area contributed by atoms with Crippen LogP contribution in [0.1, 0.15) is 22.4 Å². The molecule has 0 aliphatic carbocycles. The van der Waals surface area contributed by atoms with Crippen molar-refractivity contribution in [2.24, 2.45) is 0 Å². The molecule has 0 radical (unpaired) electrons. The highest BCUT2D eigenvalue weighted by Gasteiger charge is 2.17. The van der Waals surface area contributed by atoms with Gasteiger partial charge in [0.2, 0.25) is 5.82 Å². The van der Waals surface area contributed by atoms with Crippen molar-refractivity contribution in [1.29, 1.82) is 0 Å². The Balaban J connectivity index is 1.89. The first-order valence-electron chi connectivity index (χ1n) is 8.30. The van der Waals surface area contributed by atoms with Gasteiger partial charge in [-0.15, -0.1) is 0 Å². The van der Waals surface area contributed by atoms with E-state index >= 15 is 0 Å². The van der Waals surface area contributed by atoms with Crippen LogP contribution in [-0.4, -0.2) is 39.9 Å². The molecule has 2 N–H and O–H groups in total. The van der Waals surface area contributed by atoms with Crippen LogP contribution in [0.15, 0.2) is 54.6 Å². The summed E-state index contributed by atoms with van der Waals surface area (Å²) in [5.41, 5.74) is 1.09. The number of carbonyl (C=O) groups is 1. The molecule has 0 aliphatic rings. The summed E-state index contributed by atoms with van der Waals surface area (Å²) in [7, 11) is 1.20. The van der Waals surface area contributed by atoms with E-state index in [1.54, 1.807) is 24.3 Å². The van der Waals surface area contributed by atoms with E-state index in [0.717, 1.165) is 0 Å². The first-order valence-corrected chi connectivity index (χ1v) is 8.30. The maximum absolute atomic E-state index is 13.0. The fourth-order valence-electron chi connectivity index (χ4n) is 2.39. The summed E-state index contributed by atoms with van der Waals surface area (Å²) in [5.74, 6) is -0.335. The number of aliphatic hydroxyl groups excluding tert-OH is 2. The normalized spacial score (nSPS) is 11.7. The molecule has 1 atom stereocenters. The van der Waals surface area contributed by atoms with Crippen molar-refractivity contribution >= 4 is 5.97 Å². The Morgan fingerprint density at radius 2 is 1.68 bits per heavy atom. The Labute approximate surface area is 160 Å². The number of hydrogen-bond donors (Lipinski definition) is 2. The molecule has 1 heterocycles. The molecule has 0 bridgehead atoms. The molecule has 0 fully saturated rings. The van der Waals surface area contributed by atoms with Crippen LogP contribution in [0.25, 0.3) is 11.3 Å². The second-order valence-electron chi connectivity index (χ2n) is 5.77. The van der Waals surface area contributed by atoms with Crippen LogP contribution >= 0.6 is 0 Å². The molecular weight excluding hydrogens is 367 g/mol. The molecule has 7 nitrogen and oxygen atoms in total. The number of esters is 1. The number of benzene rings is 2. The quantitative estimate of drug-likeness (QED) is 0.630. The van der Waals surface area contributed by atoms with Crippen LogP contribution in [0.4, 0.5) is 4.39 Å². The summed E-state index contributed by atoms with van der Waals surface area (Å²) in [6.45, 7) is -0.554. The Kier molecular flexibility index (Phi) is 5.93. The smallest absolute Gasteiger partial charge is 0.376 e. The molecule has 0 saturated heterocycles. The summed E-state index contributed by atoms with van der Waals surface area (Å²) in [4.78, 5) is 19.9. The van der Waals surface area contributed by atoms with E-state index in [1.165, 1.54) is 37.4 Å². The second kappa shape index (κ2) is 8.55. The molecule has 0 spiro atoms. The van der Waals surface area contributed by atoms with E-state index in [0.29, 0.717) is 22.8 Å². The van der Waals surface area contributed by atoms with E-state index in [1.807, 2.05) is 0 Å². The van der Waals surface area contributed by atoms with Gasteiger partial charge in [-0.25, -0.2) is 19.2 Å². The van der Waals surface area contributed by atoms with Crippen molar-refractivity contribution in [3.8, 4) is 22.8 Å². The third-order valence-corrected chi connectivity index (χ3v) is 3.83. The van der Waals surface area contributed by atoms with Gasteiger partial charge in [0, 0.05) is 5.56 Å². The molecular formula is C20H17FN2O5. The number of ether oxygens (including phenoxy) is 2. The van der Waals surface area contributed by atoms with Gasteiger partial charge in [-0.1, -0.05) is 0 Å². The zero-order valence-corrected chi connectivity index (χ0v) is 14.9. The van der Waals surface area contributed by atoms with E-state index in [2.05, 4.69) is 14.7 Å². The van der Waals surface area contributed by atoms with Gasteiger partial charge in [0.1, 0.15) is 23.4 Å². The zero-order chi connectivity index (χ0) is 20.1. The SMILES string of the molecule is COC(=O)c1nc(-c2ccc(Oc3ccc(F)cc3)cc2)cc(C(O)CO)n1. The summed E-state index contributed by atoms with van der Waals surface area (Å²) < 4.78 is 23.2. The maximum atomic E-state index is 13.0. The van der Waals surface area contributed by atoms with E-state index in [-0.39, 0.29) is 17.3 Å². The average Bonchev–Trinajstić information content (AvgIpc) is 2.74. The topological polar surface area (TPSA) is 102 Å². The van der Waals surface area contributed by atoms with Gasteiger partial charge >= 0.3 is 5.97 Å². The number of methoxy groups -OCH3 is 1. The number of hydrogen-bond acceptors (Lipinski definition) is 7. The van der Waals surface area contributed by atoms with Crippen molar-refractivity contribution in [1.82, 2.24) is 9.97 Å². The number of halogens is 1. The van der Waals surface area contributed by atoms with Crippen LogP contribution < -0.4 is 4.74 Å². The van der Waals surface area contributed by atoms with E-state index < -0.39 is 18.7 Å². The minimum atomic E-state index is -1.26. The highest BCUT2D eigenvalue weighted by molar-refractivity contribution is 5.85. The van der Waals surface area contributed by atoms with Gasteiger partial charge < -0.3 is 19.7 Å². The Hall–Kier alpha value is -3.36. The fourth-order valence-corrected chi connectivity index (χ4v) is 2.39. The first kappa shape index (κ1) is 19.4. The summed E-state index contributed by atoms with van der Waals surface area (Å²) >= 11 is 0. The minimum Gasteiger partial charge on any atom is -0.463 e. The molecule has 0 saturated carbocycles. The van der Waals surface area contributed by atoms with E-state index in [9.17, 15) is 14.3 Å².